The van der Waals surface area contributed by atoms with Gasteiger partial charge in [0.15, 0.2) is 0 Å². The Hall–Kier alpha value is -2.67. The van der Waals surface area contributed by atoms with Crippen LogP contribution in [0.2, 0.25) is 0 Å². The Balaban J connectivity index is 1.70. The molecule has 1 saturated carbocycles. The van der Waals surface area contributed by atoms with Crippen LogP contribution < -0.4 is 16.4 Å². The molecule has 2 amide bonds. The highest BCUT2D eigenvalue weighted by molar-refractivity contribution is 5.97. The van der Waals surface area contributed by atoms with Crippen LogP contribution in [0.25, 0.3) is 0 Å². The van der Waals surface area contributed by atoms with Gasteiger partial charge < -0.3 is 16.4 Å². The van der Waals surface area contributed by atoms with E-state index in [1.165, 1.54) is 0 Å². The predicted molar refractivity (Wildman–Crippen MR) is 94.5 cm³/mol. The largest absolute Gasteiger partial charge is 0.341 e. The molecule has 5 N–H and O–H groups in total. The number of carbonyl (C=O) groups excluding carboxylic acids is 2. The molecule has 25 heavy (non-hydrogen) atoms. The van der Waals surface area contributed by atoms with Gasteiger partial charge in [0.25, 0.3) is 5.91 Å². The number of carbonyl (C=O) groups is 2. The molecule has 132 valence electrons. The first-order valence-electron chi connectivity index (χ1n) is 8.53. The summed E-state index contributed by atoms with van der Waals surface area (Å²) in [4.78, 5) is 25.1. The summed E-state index contributed by atoms with van der Waals surface area (Å²) in [5.74, 6) is 0.195. The van der Waals surface area contributed by atoms with Gasteiger partial charge in [-0.2, -0.15) is 5.10 Å². The molecular weight excluding hydrogens is 318 g/mol. The highest BCUT2D eigenvalue weighted by atomic mass is 16.2. The fraction of sp³-hybridized carbons (Fsp3) is 0.389. The molecular formula is C18H23N5O2. The van der Waals surface area contributed by atoms with Crippen molar-refractivity contribution in [3.05, 3.63) is 48.2 Å². The first kappa shape index (κ1) is 17.2. The Labute approximate surface area is 146 Å². The molecule has 0 saturated heterocycles. The Morgan fingerprint density at radius 2 is 2.04 bits per heavy atom. The molecule has 7 heteroatoms. The molecule has 0 spiro atoms. The lowest BCUT2D eigenvalue weighted by atomic mass is 9.99. The maximum absolute atomic E-state index is 12.6. The second-order valence-electron chi connectivity index (χ2n) is 6.43. The van der Waals surface area contributed by atoms with E-state index in [2.05, 4.69) is 20.8 Å². The third kappa shape index (κ3) is 4.45. The van der Waals surface area contributed by atoms with E-state index in [1.54, 1.807) is 12.3 Å². The highest BCUT2D eigenvalue weighted by Crippen LogP contribution is 2.27. The van der Waals surface area contributed by atoms with Crippen LogP contribution in [0.4, 0.5) is 5.82 Å². The molecule has 1 aromatic heterocycles. The number of amides is 2. The van der Waals surface area contributed by atoms with Crippen LogP contribution in [-0.4, -0.2) is 28.1 Å². The molecule has 0 aliphatic heterocycles. The number of nitrogens with zero attached hydrogens (tertiary/aromatic N) is 1. The van der Waals surface area contributed by atoms with Gasteiger partial charge in [-0.1, -0.05) is 36.8 Å². The number of H-pyrrole nitrogens is 1. The zero-order valence-electron chi connectivity index (χ0n) is 13.9. The third-order valence-electron chi connectivity index (χ3n) is 4.62. The van der Waals surface area contributed by atoms with E-state index in [0.717, 1.165) is 24.8 Å². The van der Waals surface area contributed by atoms with Crippen molar-refractivity contribution >= 4 is 17.6 Å². The van der Waals surface area contributed by atoms with Gasteiger partial charge in [-0.3, -0.25) is 14.7 Å². The van der Waals surface area contributed by atoms with Crippen LogP contribution >= 0.6 is 0 Å². The van der Waals surface area contributed by atoms with E-state index in [0.29, 0.717) is 12.2 Å². The number of nitrogens with one attached hydrogen (secondary N) is 3. The summed E-state index contributed by atoms with van der Waals surface area (Å²) < 4.78 is 0. The van der Waals surface area contributed by atoms with Crippen molar-refractivity contribution in [1.29, 1.82) is 0 Å². The van der Waals surface area contributed by atoms with Gasteiger partial charge in [-0.15, -0.1) is 0 Å². The minimum absolute atomic E-state index is 0.0692. The first-order chi connectivity index (χ1) is 12.1. The topological polar surface area (TPSA) is 113 Å². The minimum Gasteiger partial charge on any atom is -0.341 e. The Kier molecular flexibility index (Phi) is 5.45. The molecule has 3 rings (SSSR count). The number of aromatic amines is 1. The number of anilines is 1. The van der Waals surface area contributed by atoms with E-state index in [9.17, 15) is 9.59 Å². The molecule has 1 unspecified atom stereocenters. The molecule has 1 aliphatic carbocycles. The SMILES string of the molecule is N[C@@H]1CCC[C@H]1CC(=O)NC(C(=O)Nc1ccn[nH]1)c1ccccc1. The zero-order valence-corrected chi connectivity index (χ0v) is 13.9. The second-order valence-corrected chi connectivity index (χ2v) is 6.43. The lowest BCUT2D eigenvalue weighted by molar-refractivity contribution is -0.127. The number of aromatic nitrogens is 2. The van der Waals surface area contributed by atoms with Crippen molar-refractivity contribution < 1.29 is 9.59 Å². The summed E-state index contributed by atoms with van der Waals surface area (Å²) in [6.07, 6.45) is 4.88. The van der Waals surface area contributed by atoms with Crippen molar-refractivity contribution in [2.75, 3.05) is 5.32 Å². The number of hydrogen-bond donors (Lipinski definition) is 4. The van der Waals surface area contributed by atoms with E-state index in [1.807, 2.05) is 30.3 Å². The van der Waals surface area contributed by atoms with Crippen molar-refractivity contribution in [1.82, 2.24) is 15.5 Å². The average molecular weight is 341 g/mol. The maximum Gasteiger partial charge on any atom is 0.252 e. The third-order valence-corrected chi connectivity index (χ3v) is 4.62. The number of nitrogens with two attached hydrogens (primary N) is 1. The van der Waals surface area contributed by atoms with Gasteiger partial charge in [-0.05, 0) is 24.3 Å². The first-order valence-corrected chi connectivity index (χ1v) is 8.53. The minimum atomic E-state index is -0.769. The normalized spacial score (nSPS) is 20.8. The zero-order chi connectivity index (χ0) is 17.6. The summed E-state index contributed by atoms with van der Waals surface area (Å²) in [7, 11) is 0. The smallest absolute Gasteiger partial charge is 0.252 e. The van der Waals surface area contributed by atoms with Crippen molar-refractivity contribution in [2.45, 2.75) is 37.8 Å². The highest BCUT2D eigenvalue weighted by Gasteiger charge is 2.29. The molecule has 1 aliphatic rings. The summed E-state index contributed by atoms with van der Waals surface area (Å²) in [6.45, 7) is 0. The average Bonchev–Trinajstić information content (AvgIpc) is 3.26. The van der Waals surface area contributed by atoms with Gasteiger partial charge in [0, 0.05) is 18.5 Å². The van der Waals surface area contributed by atoms with Crippen LogP contribution in [0.3, 0.4) is 0 Å². The molecule has 0 bridgehead atoms. The fourth-order valence-corrected chi connectivity index (χ4v) is 3.25. The van der Waals surface area contributed by atoms with Crippen LogP contribution in [0.5, 0.6) is 0 Å². The molecule has 1 fully saturated rings. The van der Waals surface area contributed by atoms with E-state index in [4.69, 9.17) is 5.73 Å². The number of benzene rings is 1. The van der Waals surface area contributed by atoms with Crippen LogP contribution in [0.1, 0.15) is 37.3 Å². The van der Waals surface area contributed by atoms with Crippen LogP contribution in [0.15, 0.2) is 42.6 Å². The van der Waals surface area contributed by atoms with Gasteiger partial charge in [0.1, 0.15) is 11.9 Å². The Morgan fingerprint density at radius 1 is 1.24 bits per heavy atom. The molecule has 3 atom stereocenters. The monoisotopic (exact) mass is 341 g/mol. The molecule has 1 aromatic carbocycles. The fourth-order valence-electron chi connectivity index (χ4n) is 3.25. The lowest BCUT2D eigenvalue weighted by Gasteiger charge is -2.20. The van der Waals surface area contributed by atoms with Gasteiger partial charge in [0.2, 0.25) is 5.91 Å². The number of rotatable bonds is 6. The predicted octanol–water partition coefficient (Wildman–Crippen LogP) is 1.72. The standard InChI is InChI=1S/C18H23N5O2/c19-14-8-4-7-13(14)11-16(24)22-17(12-5-2-1-3-6-12)18(25)21-15-9-10-20-23-15/h1-3,5-6,9-10,13-14,17H,4,7-8,11,19H2,(H,22,24)(H2,20,21,23,25)/t13-,14+,17?/m0/s1. The van der Waals surface area contributed by atoms with Gasteiger partial charge in [0.05, 0.1) is 6.20 Å². The second kappa shape index (κ2) is 7.94. The Morgan fingerprint density at radius 3 is 2.68 bits per heavy atom. The van der Waals surface area contributed by atoms with Crippen molar-refractivity contribution in [3.63, 3.8) is 0 Å². The van der Waals surface area contributed by atoms with Crippen LogP contribution in [-0.2, 0) is 9.59 Å². The van der Waals surface area contributed by atoms with Crippen molar-refractivity contribution in [2.24, 2.45) is 11.7 Å². The van der Waals surface area contributed by atoms with Crippen LogP contribution in [0, 0.1) is 5.92 Å². The quantitative estimate of drug-likeness (QED) is 0.641. The van der Waals surface area contributed by atoms with Gasteiger partial charge in [-0.25, -0.2) is 0 Å². The van der Waals surface area contributed by atoms with Crippen molar-refractivity contribution in [3.8, 4) is 0 Å². The number of hydrogen-bond acceptors (Lipinski definition) is 4. The van der Waals surface area contributed by atoms with E-state index < -0.39 is 6.04 Å². The summed E-state index contributed by atoms with van der Waals surface area (Å²) in [6, 6.07) is 10.1. The van der Waals surface area contributed by atoms with E-state index >= 15 is 0 Å². The van der Waals surface area contributed by atoms with Gasteiger partial charge >= 0.3 is 0 Å². The maximum atomic E-state index is 12.6. The summed E-state index contributed by atoms with van der Waals surface area (Å²) >= 11 is 0. The lowest BCUT2D eigenvalue weighted by Crippen LogP contribution is -2.39. The van der Waals surface area contributed by atoms with E-state index in [-0.39, 0.29) is 23.8 Å². The summed E-state index contributed by atoms with van der Waals surface area (Å²) in [5, 5.41) is 12.1. The molecule has 2 aromatic rings. The Bertz CT molecular complexity index is 702. The molecule has 0 radical (unpaired) electrons. The molecule has 1 heterocycles. The summed E-state index contributed by atoms with van der Waals surface area (Å²) in [5.41, 5.74) is 6.77. The molecule has 7 nitrogen and oxygen atoms in total.